The summed E-state index contributed by atoms with van der Waals surface area (Å²) in [4.78, 5) is 0. The number of allylic oxidation sites excluding steroid dienone is 12. The molecule has 0 saturated heterocycles. The summed E-state index contributed by atoms with van der Waals surface area (Å²) in [6.45, 7) is 2.51. The molecule has 0 unspecified atom stereocenters. The van der Waals surface area contributed by atoms with Crippen LogP contribution in [0.5, 0.6) is 0 Å². The first-order valence-electron chi connectivity index (χ1n) is 11.9. The van der Waals surface area contributed by atoms with Gasteiger partial charge in [0.15, 0.2) is 0 Å². The van der Waals surface area contributed by atoms with Crippen molar-refractivity contribution in [1.82, 2.24) is 0 Å². The fourth-order valence-corrected chi connectivity index (χ4v) is 2.90. The maximum absolute atomic E-state index is 8.73. The minimum atomic E-state index is 0.350. The summed E-state index contributed by atoms with van der Waals surface area (Å²) in [5, 5.41) is 8.73. The Morgan fingerprint density at radius 1 is 0.414 bits per heavy atom. The molecule has 164 valence electrons. The van der Waals surface area contributed by atoms with Gasteiger partial charge in [0.2, 0.25) is 0 Å². The van der Waals surface area contributed by atoms with Crippen LogP contribution in [0.15, 0.2) is 72.9 Å². The molecule has 0 saturated carbocycles. The zero-order valence-electron chi connectivity index (χ0n) is 19.0. The molecule has 0 heterocycles. The molecule has 1 nitrogen and oxygen atoms in total. The Labute approximate surface area is 181 Å². The zero-order chi connectivity index (χ0) is 21.1. The molecule has 0 spiro atoms. The summed E-state index contributed by atoms with van der Waals surface area (Å²) >= 11 is 0. The van der Waals surface area contributed by atoms with Crippen LogP contribution in [0.25, 0.3) is 0 Å². The number of hydrogen-bond donors (Lipinski definition) is 1. The molecule has 1 N–H and O–H groups in total. The highest BCUT2D eigenvalue weighted by molar-refractivity contribution is 5.01. The summed E-state index contributed by atoms with van der Waals surface area (Å²) in [6, 6.07) is 0. The molecule has 0 aliphatic carbocycles. The van der Waals surface area contributed by atoms with Crippen LogP contribution in [-0.4, -0.2) is 11.7 Å². The molecule has 0 aliphatic heterocycles. The van der Waals surface area contributed by atoms with Crippen molar-refractivity contribution in [2.24, 2.45) is 0 Å². The third-order valence-electron chi connectivity index (χ3n) is 4.63. The van der Waals surface area contributed by atoms with E-state index in [1.165, 1.54) is 44.9 Å². The highest BCUT2D eigenvalue weighted by Crippen LogP contribution is 2.08. The maximum Gasteiger partial charge on any atom is 0.0431 e. The van der Waals surface area contributed by atoms with Crippen LogP contribution >= 0.6 is 0 Å². The summed E-state index contributed by atoms with van der Waals surface area (Å²) < 4.78 is 0. The van der Waals surface area contributed by atoms with Gasteiger partial charge in [-0.1, -0.05) is 112 Å². The lowest BCUT2D eigenvalue weighted by atomic mass is 10.1. The molecule has 0 aliphatic rings. The summed E-state index contributed by atoms with van der Waals surface area (Å²) in [6.07, 6.45) is 43.3. The van der Waals surface area contributed by atoms with Crippen molar-refractivity contribution in [2.45, 2.75) is 96.8 Å². The van der Waals surface area contributed by atoms with E-state index < -0.39 is 0 Å². The largest absolute Gasteiger partial charge is 0.396 e. The fourth-order valence-electron chi connectivity index (χ4n) is 2.90. The molecule has 0 radical (unpaired) electrons. The molecule has 0 aromatic carbocycles. The zero-order valence-corrected chi connectivity index (χ0v) is 19.0. The molecule has 0 aromatic rings. The van der Waals surface area contributed by atoms with Gasteiger partial charge in [-0.15, -0.1) is 0 Å². The lowest BCUT2D eigenvalue weighted by molar-refractivity contribution is 0.282. The average molecular weight is 399 g/mol. The van der Waals surface area contributed by atoms with Crippen molar-refractivity contribution in [2.75, 3.05) is 6.61 Å². The molecule has 0 amide bonds. The molecule has 0 aromatic heterocycles. The Balaban J connectivity index is 3.40. The third kappa shape index (κ3) is 26.4. The number of aliphatic hydroxyl groups is 1. The van der Waals surface area contributed by atoms with Crippen molar-refractivity contribution >= 4 is 0 Å². The second-order valence-corrected chi connectivity index (χ2v) is 7.40. The Morgan fingerprint density at radius 3 is 1.17 bits per heavy atom. The molecular formula is C28H46O. The van der Waals surface area contributed by atoms with Crippen molar-refractivity contribution in [1.29, 1.82) is 0 Å². The highest BCUT2D eigenvalue weighted by atomic mass is 16.2. The van der Waals surface area contributed by atoms with Crippen LogP contribution in [0.1, 0.15) is 96.8 Å². The highest BCUT2D eigenvalue weighted by Gasteiger charge is 1.90. The molecule has 0 rings (SSSR count). The Morgan fingerprint density at radius 2 is 0.759 bits per heavy atom. The van der Waals surface area contributed by atoms with Gasteiger partial charge < -0.3 is 5.11 Å². The van der Waals surface area contributed by atoms with E-state index in [9.17, 15) is 0 Å². The number of aliphatic hydroxyl groups excluding tert-OH is 1. The van der Waals surface area contributed by atoms with Crippen LogP contribution in [0.3, 0.4) is 0 Å². The van der Waals surface area contributed by atoms with Gasteiger partial charge in [-0.2, -0.15) is 0 Å². The van der Waals surface area contributed by atoms with Crippen molar-refractivity contribution in [3.05, 3.63) is 72.9 Å². The summed E-state index contributed by atoms with van der Waals surface area (Å²) in [7, 11) is 0. The smallest absolute Gasteiger partial charge is 0.0431 e. The van der Waals surface area contributed by atoms with Crippen LogP contribution < -0.4 is 0 Å². The Bertz CT molecular complexity index is 477. The van der Waals surface area contributed by atoms with E-state index in [4.69, 9.17) is 5.11 Å². The second-order valence-electron chi connectivity index (χ2n) is 7.40. The fraction of sp³-hybridized carbons (Fsp3) is 0.571. The van der Waals surface area contributed by atoms with Gasteiger partial charge in [-0.25, -0.2) is 0 Å². The van der Waals surface area contributed by atoms with Gasteiger partial charge in [-0.05, 0) is 57.8 Å². The monoisotopic (exact) mass is 398 g/mol. The van der Waals surface area contributed by atoms with E-state index in [-0.39, 0.29) is 0 Å². The maximum atomic E-state index is 8.73. The van der Waals surface area contributed by atoms with Crippen LogP contribution in [-0.2, 0) is 0 Å². The van der Waals surface area contributed by atoms with Gasteiger partial charge in [0.1, 0.15) is 0 Å². The molecular weight excluding hydrogens is 352 g/mol. The van der Waals surface area contributed by atoms with Crippen molar-refractivity contribution in [3.8, 4) is 0 Å². The van der Waals surface area contributed by atoms with E-state index in [1.54, 1.807) is 0 Å². The van der Waals surface area contributed by atoms with Crippen LogP contribution in [0.4, 0.5) is 0 Å². The molecule has 0 fully saturated rings. The Kier molecular flexibility index (Phi) is 24.9. The van der Waals surface area contributed by atoms with Crippen LogP contribution in [0.2, 0.25) is 0 Å². The normalized spacial score (nSPS) is 13.0. The molecule has 0 atom stereocenters. The van der Waals surface area contributed by atoms with Crippen molar-refractivity contribution in [3.63, 3.8) is 0 Å². The third-order valence-corrected chi connectivity index (χ3v) is 4.63. The SMILES string of the molecule is CC/C=C\C/C=C\C/C=C\C/C=C\C/C=C\C/C=C\CCCCCCCCCO. The van der Waals surface area contributed by atoms with E-state index in [1.807, 2.05) is 0 Å². The predicted molar refractivity (Wildman–Crippen MR) is 132 cm³/mol. The van der Waals surface area contributed by atoms with Gasteiger partial charge in [0, 0.05) is 6.61 Å². The summed E-state index contributed by atoms with van der Waals surface area (Å²) in [5.41, 5.74) is 0. The molecule has 0 bridgehead atoms. The van der Waals surface area contributed by atoms with E-state index in [2.05, 4.69) is 79.8 Å². The average Bonchev–Trinajstić information content (AvgIpc) is 2.74. The van der Waals surface area contributed by atoms with Gasteiger partial charge in [0.05, 0.1) is 0 Å². The second kappa shape index (κ2) is 26.4. The van der Waals surface area contributed by atoms with Crippen molar-refractivity contribution < 1.29 is 5.11 Å². The quantitative estimate of drug-likeness (QED) is 0.160. The lowest BCUT2D eigenvalue weighted by Crippen LogP contribution is -1.83. The number of unbranched alkanes of at least 4 members (excludes halogenated alkanes) is 7. The first kappa shape index (κ1) is 27.4. The van der Waals surface area contributed by atoms with E-state index in [0.717, 1.165) is 44.9 Å². The summed E-state index contributed by atoms with van der Waals surface area (Å²) in [5.74, 6) is 0. The van der Waals surface area contributed by atoms with Crippen LogP contribution in [0, 0.1) is 0 Å². The number of rotatable bonds is 20. The minimum Gasteiger partial charge on any atom is -0.396 e. The first-order chi connectivity index (χ1) is 14.4. The minimum absolute atomic E-state index is 0.350. The van der Waals surface area contributed by atoms with Gasteiger partial charge in [-0.3, -0.25) is 0 Å². The Hall–Kier alpha value is -1.60. The predicted octanol–water partition coefficient (Wildman–Crippen LogP) is 8.80. The van der Waals surface area contributed by atoms with E-state index in [0.29, 0.717) is 6.61 Å². The molecule has 1 heteroatoms. The molecule has 29 heavy (non-hydrogen) atoms. The van der Waals surface area contributed by atoms with E-state index >= 15 is 0 Å². The van der Waals surface area contributed by atoms with Gasteiger partial charge >= 0.3 is 0 Å². The van der Waals surface area contributed by atoms with Gasteiger partial charge in [0.25, 0.3) is 0 Å². The standard InChI is InChI=1S/C28H46O/c1-2-3-4-5-6-7-8-9-10-11-12-13-14-15-16-17-18-19-20-21-22-23-24-25-26-27-28-29/h3-4,6-7,9-10,12-13,15-16,18-19,29H,2,5,8,11,14,17,20-28H2,1H3/b4-3-,7-6-,10-9-,13-12-,16-15-,19-18-. The number of hydrogen-bond acceptors (Lipinski definition) is 1. The lowest BCUT2D eigenvalue weighted by Gasteiger charge is -1.99. The first-order valence-corrected chi connectivity index (χ1v) is 11.9. The topological polar surface area (TPSA) is 20.2 Å².